The number of aryl methyl sites for hydroxylation is 2. The predicted octanol–water partition coefficient (Wildman–Crippen LogP) is 5.75. The van der Waals surface area contributed by atoms with Crippen molar-refractivity contribution in [3.8, 4) is 0 Å². The maximum absolute atomic E-state index is 12.7. The molecule has 0 aliphatic heterocycles. The molecule has 0 aromatic heterocycles. The van der Waals surface area contributed by atoms with Gasteiger partial charge in [0.25, 0.3) is 5.60 Å². The molecule has 2 rings (SSSR count). The van der Waals surface area contributed by atoms with Crippen LogP contribution < -0.4 is 11.5 Å². The van der Waals surface area contributed by atoms with Gasteiger partial charge in [0.1, 0.15) is 0 Å². The van der Waals surface area contributed by atoms with Crippen LogP contribution >= 0.6 is 0 Å². The van der Waals surface area contributed by atoms with Gasteiger partial charge in [-0.2, -0.15) is 26.3 Å². The summed E-state index contributed by atoms with van der Waals surface area (Å²) in [6.45, 7) is 3.86. The predicted molar refractivity (Wildman–Crippen MR) is 106 cm³/mol. The zero-order chi connectivity index (χ0) is 23.2. The van der Waals surface area contributed by atoms with Crippen LogP contribution in [-0.4, -0.2) is 17.5 Å². The van der Waals surface area contributed by atoms with E-state index in [-0.39, 0.29) is 17.7 Å². The Hall–Kier alpha value is -2.42. The molecule has 0 spiro atoms. The van der Waals surface area contributed by atoms with E-state index in [1.54, 1.807) is 6.92 Å². The van der Waals surface area contributed by atoms with E-state index in [4.69, 9.17) is 11.5 Å². The number of hydrogen-bond donors (Lipinski definition) is 3. The highest BCUT2D eigenvalue weighted by atomic mass is 19.4. The van der Waals surface area contributed by atoms with E-state index in [1.807, 2.05) is 18.2 Å². The van der Waals surface area contributed by atoms with E-state index < -0.39 is 23.5 Å². The number of benzene rings is 2. The van der Waals surface area contributed by atoms with E-state index in [9.17, 15) is 31.4 Å². The Balaban J connectivity index is 0.000000375. The van der Waals surface area contributed by atoms with Gasteiger partial charge in [-0.25, -0.2) is 0 Å². The number of rotatable bonds is 5. The summed E-state index contributed by atoms with van der Waals surface area (Å²) in [5, 5.41) is 9.25. The largest absolute Gasteiger partial charge is 0.430 e. The lowest BCUT2D eigenvalue weighted by Gasteiger charge is -2.33. The van der Waals surface area contributed by atoms with Gasteiger partial charge in [0, 0.05) is 16.9 Å². The van der Waals surface area contributed by atoms with Crippen molar-refractivity contribution in [3.63, 3.8) is 0 Å². The molecule has 2 aromatic rings. The molecule has 30 heavy (non-hydrogen) atoms. The van der Waals surface area contributed by atoms with E-state index in [0.717, 1.165) is 24.6 Å². The van der Waals surface area contributed by atoms with Crippen LogP contribution in [0.5, 0.6) is 0 Å². The van der Waals surface area contributed by atoms with Gasteiger partial charge in [-0.3, -0.25) is 0 Å². The molecule has 5 N–H and O–H groups in total. The molecule has 0 unspecified atom stereocenters. The number of nitrogens with two attached hydrogens (primary N) is 2. The summed E-state index contributed by atoms with van der Waals surface area (Å²) in [4.78, 5) is 0. The smallest absolute Gasteiger partial charge is 0.399 e. The van der Waals surface area contributed by atoms with Crippen LogP contribution in [0.4, 0.5) is 37.7 Å². The average molecular weight is 436 g/mol. The minimum atomic E-state index is -5.88. The van der Waals surface area contributed by atoms with E-state index in [1.165, 1.54) is 5.56 Å². The monoisotopic (exact) mass is 436 g/mol. The summed E-state index contributed by atoms with van der Waals surface area (Å²) < 4.78 is 76.2. The molecule has 0 aliphatic carbocycles. The first-order chi connectivity index (χ1) is 13.8. The number of para-hydroxylation sites is 1. The summed E-state index contributed by atoms with van der Waals surface area (Å²) in [6, 6.07) is 10.2. The maximum atomic E-state index is 12.7. The van der Waals surface area contributed by atoms with Crippen molar-refractivity contribution in [3.05, 3.63) is 59.2 Å². The average Bonchev–Trinajstić information content (AvgIpc) is 2.64. The van der Waals surface area contributed by atoms with Gasteiger partial charge in [-0.1, -0.05) is 57.0 Å². The summed E-state index contributed by atoms with van der Waals surface area (Å²) >= 11 is 0. The normalized spacial score (nSPS) is 12.3. The molecule has 0 saturated heterocycles. The Morgan fingerprint density at radius 2 is 1.20 bits per heavy atom. The SMILES string of the molecule is CCCc1cc(C(O)(C(F)(F)F)C(F)(F)F)ccc1N.CCCc1ccccc1N. The number of alkyl halides is 6. The Morgan fingerprint density at radius 3 is 1.67 bits per heavy atom. The Labute approximate surface area is 171 Å². The van der Waals surface area contributed by atoms with Crippen molar-refractivity contribution < 1.29 is 31.4 Å². The summed E-state index contributed by atoms with van der Waals surface area (Å²) in [7, 11) is 0. The molecule has 168 valence electrons. The lowest BCUT2D eigenvalue weighted by atomic mass is 9.90. The van der Waals surface area contributed by atoms with Crippen LogP contribution in [-0.2, 0) is 18.4 Å². The number of halogens is 6. The molecule has 0 amide bonds. The first-order valence-corrected chi connectivity index (χ1v) is 9.37. The van der Waals surface area contributed by atoms with Crippen LogP contribution in [0.3, 0.4) is 0 Å². The molecule has 0 saturated carbocycles. The third kappa shape index (κ3) is 5.81. The minimum Gasteiger partial charge on any atom is -0.399 e. The fourth-order valence-electron chi connectivity index (χ4n) is 2.84. The topological polar surface area (TPSA) is 72.3 Å². The molecule has 3 nitrogen and oxygen atoms in total. The quantitative estimate of drug-likeness (QED) is 0.413. The second-order valence-corrected chi connectivity index (χ2v) is 6.82. The van der Waals surface area contributed by atoms with Crippen molar-refractivity contribution >= 4 is 11.4 Å². The number of aliphatic hydroxyl groups is 1. The van der Waals surface area contributed by atoms with Gasteiger partial charge < -0.3 is 16.6 Å². The van der Waals surface area contributed by atoms with E-state index >= 15 is 0 Å². The Bertz CT molecular complexity index is 804. The second-order valence-electron chi connectivity index (χ2n) is 6.82. The molecular formula is C21H26F6N2O. The third-order valence-electron chi connectivity index (χ3n) is 4.48. The molecule has 0 atom stereocenters. The summed E-state index contributed by atoms with van der Waals surface area (Å²) in [5.41, 5.74) is 7.42. The molecule has 9 heteroatoms. The van der Waals surface area contributed by atoms with E-state index in [0.29, 0.717) is 18.6 Å². The van der Waals surface area contributed by atoms with Crippen LogP contribution in [0.2, 0.25) is 0 Å². The highest BCUT2D eigenvalue weighted by molar-refractivity contribution is 5.50. The molecular weight excluding hydrogens is 410 g/mol. The molecule has 0 radical (unpaired) electrons. The Morgan fingerprint density at radius 1 is 0.733 bits per heavy atom. The van der Waals surface area contributed by atoms with Gasteiger partial charge in [-0.05, 0) is 36.1 Å². The van der Waals surface area contributed by atoms with Gasteiger partial charge in [-0.15, -0.1) is 0 Å². The molecule has 0 fully saturated rings. The molecule has 0 heterocycles. The fourth-order valence-corrected chi connectivity index (χ4v) is 2.84. The number of hydrogen-bond acceptors (Lipinski definition) is 3. The van der Waals surface area contributed by atoms with Crippen LogP contribution in [0.15, 0.2) is 42.5 Å². The first kappa shape index (κ1) is 25.6. The van der Waals surface area contributed by atoms with Crippen molar-refractivity contribution in [2.45, 2.75) is 57.5 Å². The molecule has 0 bridgehead atoms. The van der Waals surface area contributed by atoms with Crippen LogP contribution in [0.1, 0.15) is 43.4 Å². The third-order valence-corrected chi connectivity index (χ3v) is 4.48. The number of anilines is 2. The van der Waals surface area contributed by atoms with Gasteiger partial charge in [0.15, 0.2) is 0 Å². The van der Waals surface area contributed by atoms with Crippen molar-refractivity contribution in [2.75, 3.05) is 11.5 Å². The second kappa shape index (κ2) is 10.1. The standard InChI is InChI=1S/C12H13F6NO.C9H13N/c1-2-3-7-6-8(4-5-9(7)19)10(20,11(13,14)15)12(16,17)18;1-2-5-8-6-3-4-7-9(8)10/h4-6,20H,2-3,19H2,1H3;3-4,6-7H,2,5,10H2,1H3. The first-order valence-electron chi connectivity index (χ1n) is 9.37. The van der Waals surface area contributed by atoms with Crippen molar-refractivity contribution in [1.29, 1.82) is 0 Å². The minimum absolute atomic E-state index is 0.0855. The maximum Gasteiger partial charge on any atom is 0.430 e. The van der Waals surface area contributed by atoms with Crippen molar-refractivity contribution in [1.82, 2.24) is 0 Å². The van der Waals surface area contributed by atoms with E-state index in [2.05, 4.69) is 13.0 Å². The fraction of sp³-hybridized carbons (Fsp3) is 0.429. The zero-order valence-corrected chi connectivity index (χ0v) is 16.7. The molecule has 0 aliphatic rings. The summed E-state index contributed by atoms with van der Waals surface area (Å²) in [5.74, 6) is 0. The highest BCUT2D eigenvalue weighted by Gasteiger charge is 2.71. The zero-order valence-electron chi connectivity index (χ0n) is 16.7. The summed E-state index contributed by atoms with van der Waals surface area (Å²) in [6.07, 6.45) is -8.81. The molecule has 2 aromatic carbocycles. The van der Waals surface area contributed by atoms with Gasteiger partial charge in [0.2, 0.25) is 0 Å². The number of nitrogen functional groups attached to an aromatic ring is 2. The highest BCUT2D eigenvalue weighted by Crippen LogP contribution is 2.50. The Kier molecular flexibility index (Phi) is 8.59. The lowest BCUT2D eigenvalue weighted by Crippen LogP contribution is -2.53. The van der Waals surface area contributed by atoms with Crippen LogP contribution in [0.25, 0.3) is 0 Å². The van der Waals surface area contributed by atoms with Crippen molar-refractivity contribution in [2.24, 2.45) is 0 Å². The van der Waals surface area contributed by atoms with Gasteiger partial charge in [0.05, 0.1) is 0 Å². The van der Waals surface area contributed by atoms with Crippen LogP contribution in [0, 0.1) is 0 Å². The lowest BCUT2D eigenvalue weighted by molar-refractivity contribution is -0.376. The van der Waals surface area contributed by atoms with Gasteiger partial charge >= 0.3 is 12.4 Å².